The van der Waals surface area contributed by atoms with Crippen LogP contribution in [0.5, 0.6) is 5.88 Å². The van der Waals surface area contributed by atoms with E-state index in [2.05, 4.69) is 9.71 Å². The zero-order chi connectivity index (χ0) is 15.7. The van der Waals surface area contributed by atoms with Gasteiger partial charge in [-0.2, -0.15) is 0 Å². The quantitative estimate of drug-likeness (QED) is 0.869. The largest absolute Gasteiger partial charge is 0.481 e. The van der Waals surface area contributed by atoms with Crippen LogP contribution < -0.4 is 15.2 Å². The summed E-state index contributed by atoms with van der Waals surface area (Å²) in [6.45, 7) is 0. The lowest BCUT2D eigenvalue weighted by Gasteiger charge is -2.44. The highest BCUT2D eigenvalue weighted by atomic mass is 32.2. The Hall–Kier alpha value is -1.18. The lowest BCUT2D eigenvalue weighted by molar-refractivity contribution is 0.125. The molecule has 0 saturated heterocycles. The second-order valence-corrected chi connectivity index (χ2v) is 8.08. The number of nitrogens with two attached hydrogens (primary N) is 1. The maximum atomic E-state index is 12.6. The lowest BCUT2D eigenvalue weighted by Crippen LogP contribution is -2.53. The smallest absolute Gasteiger partial charge is 0.242 e. The highest BCUT2D eigenvalue weighted by Crippen LogP contribution is 2.40. The maximum Gasteiger partial charge on any atom is 0.242 e. The first-order valence-corrected chi connectivity index (χ1v) is 9.26. The maximum absolute atomic E-state index is 12.6. The second-order valence-electron chi connectivity index (χ2n) is 6.37. The third-order valence-corrected chi connectivity index (χ3v) is 6.34. The number of sulfonamides is 1. The van der Waals surface area contributed by atoms with E-state index in [4.69, 9.17) is 10.5 Å². The summed E-state index contributed by atoms with van der Waals surface area (Å²) in [5.74, 6) is 1.10. The van der Waals surface area contributed by atoms with Crippen LogP contribution >= 0.6 is 0 Å². The minimum absolute atomic E-state index is 0.000603. The molecule has 3 rings (SSSR count). The molecule has 2 aliphatic rings. The number of aromatic nitrogens is 1. The Morgan fingerprint density at radius 2 is 1.95 bits per heavy atom. The lowest BCUT2D eigenvalue weighted by atomic mass is 9.67. The molecule has 3 N–H and O–H groups in total. The number of fused-ring (bicyclic) bond motifs is 2. The molecule has 0 radical (unpaired) electrons. The Morgan fingerprint density at radius 1 is 1.27 bits per heavy atom. The van der Waals surface area contributed by atoms with Gasteiger partial charge in [-0.25, -0.2) is 18.1 Å². The van der Waals surface area contributed by atoms with Crippen molar-refractivity contribution in [2.45, 2.75) is 49.1 Å². The van der Waals surface area contributed by atoms with Crippen molar-refractivity contribution < 1.29 is 13.2 Å². The zero-order valence-corrected chi connectivity index (χ0v) is 13.6. The number of pyridine rings is 1. The van der Waals surface area contributed by atoms with Gasteiger partial charge in [0.1, 0.15) is 4.90 Å². The van der Waals surface area contributed by atoms with Crippen molar-refractivity contribution in [1.29, 1.82) is 0 Å². The predicted octanol–water partition coefficient (Wildman–Crippen LogP) is 1.27. The monoisotopic (exact) mass is 325 g/mol. The van der Waals surface area contributed by atoms with Gasteiger partial charge in [-0.05, 0) is 43.6 Å². The van der Waals surface area contributed by atoms with Gasteiger partial charge in [-0.3, -0.25) is 0 Å². The topological polar surface area (TPSA) is 94.3 Å². The molecule has 122 valence electrons. The summed E-state index contributed by atoms with van der Waals surface area (Å²) >= 11 is 0. The fourth-order valence-corrected chi connectivity index (χ4v) is 5.19. The summed E-state index contributed by atoms with van der Waals surface area (Å²) in [4.78, 5) is 4.16. The number of methoxy groups -OCH3 is 1. The van der Waals surface area contributed by atoms with Crippen LogP contribution in [0.4, 0.5) is 0 Å². The van der Waals surface area contributed by atoms with Gasteiger partial charge in [0.2, 0.25) is 15.9 Å². The molecule has 1 aromatic heterocycles. The number of hydrogen-bond acceptors (Lipinski definition) is 5. The van der Waals surface area contributed by atoms with E-state index in [1.165, 1.54) is 25.8 Å². The van der Waals surface area contributed by atoms with Crippen molar-refractivity contribution >= 4 is 10.0 Å². The Bertz CT molecular complexity index is 603. The zero-order valence-electron chi connectivity index (χ0n) is 12.7. The van der Waals surface area contributed by atoms with Crippen molar-refractivity contribution in [3.63, 3.8) is 0 Å². The summed E-state index contributed by atoms with van der Waals surface area (Å²) in [5, 5.41) is 0. The fraction of sp³-hybridized carbons (Fsp3) is 0.667. The molecule has 1 aromatic rings. The van der Waals surface area contributed by atoms with Crippen molar-refractivity contribution in [3.8, 4) is 5.88 Å². The summed E-state index contributed by atoms with van der Waals surface area (Å²) in [5.41, 5.74) is 6.09. The molecule has 22 heavy (non-hydrogen) atoms. The Labute approximate surface area is 131 Å². The third-order valence-electron chi connectivity index (χ3n) is 4.90. The molecule has 2 fully saturated rings. The van der Waals surface area contributed by atoms with Crippen LogP contribution in [0.15, 0.2) is 23.2 Å². The molecule has 0 aromatic carbocycles. The molecule has 6 nitrogen and oxygen atoms in total. The minimum Gasteiger partial charge on any atom is -0.481 e. The minimum atomic E-state index is -3.55. The summed E-state index contributed by atoms with van der Waals surface area (Å²) in [7, 11) is -2.05. The van der Waals surface area contributed by atoms with Crippen LogP contribution in [0.3, 0.4) is 0 Å². The number of rotatable bonds is 4. The number of nitrogens with one attached hydrogen (secondary N) is 1. The van der Waals surface area contributed by atoms with Crippen molar-refractivity contribution in [2.24, 2.45) is 17.6 Å². The predicted molar refractivity (Wildman–Crippen MR) is 82.9 cm³/mol. The average Bonchev–Trinajstić information content (AvgIpc) is 2.48. The summed E-state index contributed by atoms with van der Waals surface area (Å²) < 4.78 is 33.1. The van der Waals surface area contributed by atoms with Gasteiger partial charge in [-0.1, -0.05) is 6.42 Å². The van der Waals surface area contributed by atoms with E-state index in [9.17, 15) is 8.42 Å². The Balaban J connectivity index is 1.78. The Kier molecular flexibility index (Phi) is 4.38. The molecule has 2 atom stereocenters. The van der Waals surface area contributed by atoms with Gasteiger partial charge >= 0.3 is 0 Å². The van der Waals surface area contributed by atoms with Crippen LogP contribution in [-0.2, 0) is 10.0 Å². The third kappa shape index (κ3) is 3.11. The first-order chi connectivity index (χ1) is 10.5. The van der Waals surface area contributed by atoms with Crippen LogP contribution in [0, 0.1) is 11.8 Å². The SMILES string of the molecule is COc1ccc(S(=O)(=O)NC2C3CCCC2CC(N)C3)cn1. The molecule has 2 unspecified atom stereocenters. The first-order valence-electron chi connectivity index (χ1n) is 7.77. The van der Waals surface area contributed by atoms with Crippen molar-refractivity contribution in [3.05, 3.63) is 18.3 Å². The van der Waals surface area contributed by atoms with E-state index >= 15 is 0 Å². The number of hydrogen-bond donors (Lipinski definition) is 2. The molecular formula is C15H23N3O3S. The standard InChI is InChI=1S/C15H23N3O3S/c1-21-14-6-5-13(9-17-14)22(19,20)18-15-10-3-2-4-11(15)8-12(16)7-10/h5-6,9-12,15,18H,2-4,7-8,16H2,1H3. The molecule has 2 saturated carbocycles. The number of nitrogens with zero attached hydrogens (tertiary/aromatic N) is 1. The van der Waals surface area contributed by atoms with Crippen LogP contribution in [0.25, 0.3) is 0 Å². The van der Waals surface area contributed by atoms with Gasteiger partial charge < -0.3 is 10.5 Å². The van der Waals surface area contributed by atoms with Crippen molar-refractivity contribution in [2.75, 3.05) is 7.11 Å². The second kappa shape index (κ2) is 6.14. The van der Waals surface area contributed by atoms with Gasteiger partial charge in [0.25, 0.3) is 0 Å². The average molecular weight is 325 g/mol. The fourth-order valence-electron chi connectivity index (χ4n) is 3.88. The Morgan fingerprint density at radius 3 is 2.50 bits per heavy atom. The normalized spacial score (nSPS) is 31.7. The van der Waals surface area contributed by atoms with E-state index in [1.807, 2.05) is 0 Å². The van der Waals surface area contributed by atoms with Gasteiger partial charge in [-0.15, -0.1) is 0 Å². The van der Waals surface area contributed by atoms with Crippen LogP contribution in [-0.4, -0.2) is 32.6 Å². The highest BCUT2D eigenvalue weighted by Gasteiger charge is 2.41. The van der Waals surface area contributed by atoms with Crippen LogP contribution in [0.2, 0.25) is 0 Å². The van der Waals surface area contributed by atoms with Crippen LogP contribution in [0.1, 0.15) is 32.1 Å². The molecule has 0 spiro atoms. The molecule has 0 amide bonds. The molecule has 2 bridgehead atoms. The number of ether oxygens (including phenoxy) is 1. The molecular weight excluding hydrogens is 302 g/mol. The summed E-state index contributed by atoms with van der Waals surface area (Å²) in [6.07, 6.45) is 6.43. The van der Waals surface area contributed by atoms with Gasteiger partial charge in [0, 0.05) is 18.2 Å². The van der Waals surface area contributed by atoms with E-state index in [-0.39, 0.29) is 17.0 Å². The molecule has 1 heterocycles. The van der Waals surface area contributed by atoms with E-state index in [0.717, 1.165) is 25.7 Å². The first kappa shape index (κ1) is 15.7. The molecule has 0 aliphatic heterocycles. The molecule has 7 heteroatoms. The van der Waals surface area contributed by atoms with Gasteiger partial charge in [0.05, 0.1) is 13.3 Å². The van der Waals surface area contributed by atoms with E-state index < -0.39 is 10.0 Å². The molecule has 2 aliphatic carbocycles. The van der Waals surface area contributed by atoms with Gasteiger partial charge in [0.15, 0.2) is 0 Å². The highest BCUT2D eigenvalue weighted by molar-refractivity contribution is 7.89. The summed E-state index contributed by atoms with van der Waals surface area (Å²) in [6, 6.07) is 3.30. The van der Waals surface area contributed by atoms with E-state index in [0.29, 0.717) is 17.7 Å². The van der Waals surface area contributed by atoms with Crippen molar-refractivity contribution in [1.82, 2.24) is 9.71 Å². The van der Waals surface area contributed by atoms with E-state index in [1.54, 1.807) is 6.07 Å².